The van der Waals surface area contributed by atoms with Crippen LogP contribution in [0.2, 0.25) is 0 Å². The number of hydrogen-bond acceptors (Lipinski definition) is 4. The average Bonchev–Trinajstić information content (AvgIpc) is 2.78. The second-order valence-electron chi connectivity index (χ2n) is 8.69. The van der Waals surface area contributed by atoms with Gasteiger partial charge in [0, 0.05) is 18.5 Å². The van der Waals surface area contributed by atoms with Crippen molar-refractivity contribution in [2.45, 2.75) is 50.4 Å². The van der Waals surface area contributed by atoms with Crippen LogP contribution in [-0.4, -0.2) is 41.1 Å². The average molecular weight is 459 g/mol. The van der Waals surface area contributed by atoms with E-state index in [0.29, 0.717) is 31.0 Å². The van der Waals surface area contributed by atoms with Crippen LogP contribution < -0.4 is 10.6 Å². The van der Waals surface area contributed by atoms with Crippen molar-refractivity contribution >= 4 is 23.3 Å². The van der Waals surface area contributed by atoms with Crippen molar-refractivity contribution in [1.29, 1.82) is 0 Å². The molecule has 2 aromatic rings. The molecule has 2 rings (SSSR count). The lowest BCUT2D eigenvalue weighted by atomic mass is 9.76. The molecule has 0 fully saturated rings. The fourth-order valence-electron chi connectivity index (χ4n) is 4.00. The molecular formula is C25H34N2O4S. The molecule has 0 amide bonds. The predicted octanol–water partition coefficient (Wildman–Crippen LogP) is 4.50. The van der Waals surface area contributed by atoms with E-state index in [4.69, 9.17) is 17.5 Å². The molecule has 0 saturated heterocycles. The Hall–Kier alpha value is -2.48. The first-order valence-electron chi connectivity index (χ1n) is 10.9. The van der Waals surface area contributed by atoms with Crippen molar-refractivity contribution in [1.82, 2.24) is 10.6 Å². The molecule has 2 atom stereocenters. The van der Waals surface area contributed by atoms with Gasteiger partial charge in [0.25, 0.3) is 0 Å². The normalized spacial score (nSPS) is 14.7. The van der Waals surface area contributed by atoms with E-state index in [1.807, 2.05) is 55.5 Å². The summed E-state index contributed by atoms with van der Waals surface area (Å²) in [5.74, 6) is -0.816. The molecule has 2 unspecified atom stereocenters. The first-order chi connectivity index (χ1) is 15.3. The van der Waals surface area contributed by atoms with Crippen molar-refractivity contribution in [3.05, 3.63) is 71.8 Å². The molecule has 0 spiro atoms. The highest BCUT2D eigenvalue weighted by atomic mass is 32.1. The number of carboxylic acid groups (broad SMARTS) is 1. The molecule has 7 heteroatoms. The summed E-state index contributed by atoms with van der Waals surface area (Å²) in [4.78, 5) is 15.8. The Morgan fingerprint density at radius 3 is 1.81 bits per heavy atom. The summed E-state index contributed by atoms with van der Waals surface area (Å²) in [7, 11) is 0. The van der Waals surface area contributed by atoms with E-state index in [-0.39, 0.29) is 18.4 Å². The van der Waals surface area contributed by atoms with Crippen LogP contribution in [0.1, 0.15) is 50.7 Å². The summed E-state index contributed by atoms with van der Waals surface area (Å²) >= 11 is 5.44. The van der Waals surface area contributed by atoms with Crippen molar-refractivity contribution in [2.24, 2.45) is 0 Å². The summed E-state index contributed by atoms with van der Waals surface area (Å²) in [6.45, 7) is 5.61. The number of benzene rings is 2. The quantitative estimate of drug-likeness (QED) is 0.200. The first kappa shape index (κ1) is 25.8. The van der Waals surface area contributed by atoms with Gasteiger partial charge in [0.2, 0.25) is 0 Å². The largest absolute Gasteiger partial charge is 0.481 e. The monoisotopic (exact) mass is 458 g/mol. The molecular weight excluding hydrogens is 424 g/mol. The van der Waals surface area contributed by atoms with Crippen LogP contribution in [0.4, 0.5) is 0 Å². The van der Waals surface area contributed by atoms with Gasteiger partial charge in [-0.15, -0.1) is 0 Å². The number of carboxylic acids is 1. The van der Waals surface area contributed by atoms with Crippen molar-refractivity contribution in [2.75, 3.05) is 19.7 Å². The van der Waals surface area contributed by atoms with Crippen LogP contribution in [0, 0.1) is 0 Å². The van der Waals surface area contributed by atoms with Crippen molar-refractivity contribution in [3.8, 4) is 0 Å². The molecule has 0 aliphatic carbocycles. The number of hydrogen-bond donors (Lipinski definition) is 4. The Bertz CT molecular complexity index is 850. The zero-order valence-electron chi connectivity index (χ0n) is 18.8. The second-order valence-corrected chi connectivity index (χ2v) is 9.10. The van der Waals surface area contributed by atoms with Crippen LogP contribution in [0.5, 0.6) is 0 Å². The van der Waals surface area contributed by atoms with Crippen LogP contribution in [-0.2, 0) is 20.5 Å². The molecule has 174 valence electrons. The highest BCUT2D eigenvalue weighted by Gasteiger charge is 2.29. The molecule has 4 N–H and O–H groups in total. The lowest BCUT2D eigenvalue weighted by Gasteiger charge is -2.31. The summed E-state index contributed by atoms with van der Waals surface area (Å²) in [6, 6.07) is 19.9. The minimum absolute atomic E-state index is 0.0568. The second kappa shape index (κ2) is 12.5. The molecule has 0 radical (unpaired) electrons. The predicted molar refractivity (Wildman–Crippen MR) is 131 cm³/mol. The van der Waals surface area contributed by atoms with E-state index in [2.05, 4.69) is 34.6 Å². The maximum Gasteiger partial charge on any atom is 0.304 e. The number of aliphatic carboxylic acids is 1. The number of rotatable bonds is 13. The fraction of sp³-hybridized carbons (Fsp3) is 0.440. The van der Waals surface area contributed by atoms with Gasteiger partial charge in [-0.3, -0.25) is 10.1 Å². The van der Waals surface area contributed by atoms with Crippen molar-refractivity contribution < 1.29 is 20.0 Å². The Kier molecular flexibility index (Phi) is 10.1. The Labute approximate surface area is 195 Å². The molecule has 0 aliphatic rings. The van der Waals surface area contributed by atoms with Crippen LogP contribution >= 0.6 is 12.2 Å². The minimum atomic E-state index is -0.816. The highest BCUT2D eigenvalue weighted by Crippen LogP contribution is 2.32. The lowest BCUT2D eigenvalue weighted by Crippen LogP contribution is -2.40. The summed E-state index contributed by atoms with van der Waals surface area (Å²) in [6.07, 6.45) is 2.19. The zero-order chi connectivity index (χ0) is 23.5. The van der Waals surface area contributed by atoms with Gasteiger partial charge in [-0.1, -0.05) is 74.5 Å². The molecule has 0 aliphatic heterocycles. The molecule has 0 heterocycles. The fourth-order valence-corrected chi connectivity index (χ4v) is 4.20. The maximum absolute atomic E-state index is 11.4. The molecule has 6 nitrogen and oxygen atoms in total. The molecule has 32 heavy (non-hydrogen) atoms. The number of nitrogens with one attached hydrogen (secondary N) is 2. The van der Waals surface area contributed by atoms with E-state index < -0.39 is 11.4 Å². The first-order valence-corrected chi connectivity index (χ1v) is 11.3. The number of carbonyl (C=O) groups is 1. The van der Waals surface area contributed by atoms with Gasteiger partial charge in [0.05, 0.1) is 13.0 Å². The SMILES string of the molecule is CC(CCNC(=S)NCCC(C)(CC(=O)O)c1ccccc1)(CCOO)c1ccccc1. The zero-order valence-corrected chi connectivity index (χ0v) is 19.7. The van der Waals surface area contributed by atoms with E-state index in [9.17, 15) is 9.90 Å². The van der Waals surface area contributed by atoms with Crippen LogP contribution in [0.15, 0.2) is 60.7 Å². The lowest BCUT2D eigenvalue weighted by molar-refractivity contribution is -0.244. The van der Waals surface area contributed by atoms with Gasteiger partial charge < -0.3 is 15.7 Å². The van der Waals surface area contributed by atoms with E-state index in [1.54, 1.807) is 0 Å². The maximum atomic E-state index is 11.4. The Morgan fingerprint density at radius 2 is 1.34 bits per heavy atom. The standard InChI is InChI=1S/C25H34N2O4S/c1-24(15-18-31-30,20-9-5-3-6-10-20)13-16-26-23(32)27-17-14-25(2,19-22(28)29)21-11-7-4-8-12-21/h3-12,30H,13-19H2,1-2H3,(H,28,29)(H2,26,27,32). The molecule has 0 bridgehead atoms. The molecule has 2 aromatic carbocycles. The highest BCUT2D eigenvalue weighted by molar-refractivity contribution is 7.80. The third kappa shape index (κ3) is 7.89. The summed E-state index contributed by atoms with van der Waals surface area (Å²) < 4.78 is 0. The Morgan fingerprint density at radius 1 is 0.875 bits per heavy atom. The Balaban J connectivity index is 1.87. The van der Waals surface area contributed by atoms with Crippen LogP contribution in [0.3, 0.4) is 0 Å². The van der Waals surface area contributed by atoms with Gasteiger partial charge in [0.1, 0.15) is 0 Å². The topological polar surface area (TPSA) is 90.8 Å². The third-order valence-electron chi connectivity index (χ3n) is 6.15. The van der Waals surface area contributed by atoms with Gasteiger partial charge in [-0.2, -0.15) is 0 Å². The van der Waals surface area contributed by atoms with Gasteiger partial charge in [-0.05, 0) is 48.0 Å². The molecule has 0 saturated carbocycles. The van der Waals surface area contributed by atoms with E-state index in [1.165, 1.54) is 5.56 Å². The summed E-state index contributed by atoms with van der Waals surface area (Å²) in [5, 5.41) is 25.2. The molecule has 0 aromatic heterocycles. The van der Waals surface area contributed by atoms with Crippen LogP contribution in [0.25, 0.3) is 0 Å². The van der Waals surface area contributed by atoms with Gasteiger partial charge in [-0.25, -0.2) is 4.89 Å². The van der Waals surface area contributed by atoms with Gasteiger partial charge in [0.15, 0.2) is 5.11 Å². The smallest absolute Gasteiger partial charge is 0.304 e. The summed E-state index contributed by atoms with van der Waals surface area (Å²) in [5.41, 5.74) is 1.55. The van der Waals surface area contributed by atoms with Crippen molar-refractivity contribution in [3.63, 3.8) is 0 Å². The van der Waals surface area contributed by atoms with E-state index >= 15 is 0 Å². The third-order valence-corrected chi connectivity index (χ3v) is 6.44. The minimum Gasteiger partial charge on any atom is -0.481 e. The van der Waals surface area contributed by atoms with Gasteiger partial charge >= 0.3 is 5.97 Å². The van der Waals surface area contributed by atoms with E-state index in [0.717, 1.165) is 12.0 Å². The number of thiocarbonyl (C=S) groups is 1.